The molecule has 138 valence electrons. The molecule has 0 bridgehead atoms. The first-order chi connectivity index (χ1) is 11.8. The number of alkyl halides is 1. The molecule has 0 aromatic rings. The van der Waals surface area contributed by atoms with E-state index in [1.807, 2.05) is 0 Å². The molecule has 2 atom stereocenters. The third-order valence-electron chi connectivity index (χ3n) is 3.30. The SMILES string of the molecule is CC(C)(O)C1=NC2=C(NC(CNCCO)C=NN=NNC2=O)NC1Cl. The average molecular weight is 373 g/mol. The molecule has 0 saturated heterocycles. The summed E-state index contributed by atoms with van der Waals surface area (Å²) in [6.07, 6.45) is 1.48. The summed E-state index contributed by atoms with van der Waals surface area (Å²) in [4.78, 5) is 16.5. The Kier molecular flexibility index (Phi) is 6.42. The molecule has 2 rings (SSSR count). The molecule has 6 N–H and O–H groups in total. The Bertz CT molecular complexity index is 625. The Morgan fingerprint density at radius 2 is 2.16 bits per heavy atom. The molecule has 0 aromatic heterocycles. The second-order valence-corrected chi connectivity index (χ2v) is 6.30. The van der Waals surface area contributed by atoms with Crippen molar-refractivity contribution < 1.29 is 15.0 Å². The van der Waals surface area contributed by atoms with E-state index in [0.29, 0.717) is 13.1 Å². The summed E-state index contributed by atoms with van der Waals surface area (Å²) in [5, 5.41) is 38.7. The highest BCUT2D eigenvalue weighted by atomic mass is 35.5. The number of nitrogens with one attached hydrogen (secondary N) is 4. The normalized spacial score (nSPS) is 24.0. The first-order valence-corrected chi connectivity index (χ1v) is 8.04. The molecule has 25 heavy (non-hydrogen) atoms. The van der Waals surface area contributed by atoms with E-state index >= 15 is 0 Å². The van der Waals surface area contributed by atoms with Gasteiger partial charge in [0.15, 0.2) is 5.70 Å². The van der Waals surface area contributed by atoms with Crippen LogP contribution in [-0.4, -0.2) is 64.9 Å². The Labute approximate surface area is 149 Å². The summed E-state index contributed by atoms with van der Waals surface area (Å²) in [5.74, 6) is -0.368. The van der Waals surface area contributed by atoms with Gasteiger partial charge in [-0.3, -0.25) is 4.79 Å². The lowest BCUT2D eigenvalue weighted by molar-refractivity contribution is -0.117. The van der Waals surface area contributed by atoms with Gasteiger partial charge in [-0.2, -0.15) is 0 Å². The van der Waals surface area contributed by atoms with Gasteiger partial charge >= 0.3 is 0 Å². The fraction of sp³-hybridized carbons (Fsp3) is 0.615. The molecule has 1 amide bonds. The predicted octanol–water partition coefficient (Wildman–Crippen LogP) is -1.44. The standard InChI is InChI=1S/C13H21ClN8O3/c1-13(2,25)9-10(14)19-11-8(18-9)12(24)20-22-21-16-6-7(17-11)5-15-3-4-23/h6-7,10,15,17,19,23,25H,3-5H2,1-2H3,(H,20,21,24). The zero-order valence-electron chi connectivity index (χ0n) is 13.8. The van der Waals surface area contributed by atoms with Crippen molar-refractivity contribution in [2.24, 2.45) is 20.5 Å². The monoisotopic (exact) mass is 372 g/mol. The number of hydrogen-bond acceptors (Lipinski definition) is 10. The van der Waals surface area contributed by atoms with E-state index in [9.17, 15) is 9.90 Å². The maximum atomic E-state index is 12.3. The minimum absolute atomic E-state index is 0.0127. The van der Waals surface area contributed by atoms with Crippen molar-refractivity contribution in [3.8, 4) is 0 Å². The summed E-state index contributed by atoms with van der Waals surface area (Å²) >= 11 is 6.24. The molecule has 11 nitrogen and oxygen atoms in total. The number of carbonyl (C=O) groups is 1. The van der Waals surface area contributed by atoms with Crippen LogP contribution in [0.4, 0.5) is 0 Å². The van der Waals surface area contributed by atoms with E-state index in [-0.39, 0.29) is 29.9 Å². The second-order valence-electron chi connectivity index (χ2n) is 5.86. The number of hydrogen-bond donors (Lipinski definition) is 6. The van der Waals surface area contributed by atoms with Crippen molar-refractivity contribution in [1.29, 1.82) is 0 Å². The number of rotatable bonds is 5. The summed E-state index contributed by atoms with van der Waals surface area (Å²) in [5.41, 5.74) is 0.237. The molecule has 2 heterocycles. The fourth-order valence-electron chi connectivity index (χ4n) is 2.14. The van der Waals surface area contributed by atoms with Crippen LogP contribution in [0.15, 0.2) is 32.1 Å². The largest absolute Gasteiger partial charge is 0.395 e. The van der Waals surface area contributed by atoms with Gasteiger partial charge in [0.2, 0.25) is 0 Å². The van der Waals surface area contributed by atoms with Gasteiger partial charge in [-0.05, 0) is 24.3 Å². The average Bonchev–Trinajstić information content (AvgIpc) is 2.52. The maximum Gasteiger partial charge on any atom is 0.295 e. The summed E-state index contributed by atoms with van der Waals surface area (Å²) in [6.45, 7) is 3.82. The van der Waals surface area contributed by atoms with Crippen LogP contribution in [0, 0.1) is 0 Å². The molecule has 0 spiro atoms. The predicted molar refractivity (Wildman–Crippen MR) is 91.9 cm³/mol. The number of nitrogens with zero attached hydrogens (tertiary/aromatic N) is 4. The second kappa shape index (κ2) is 8.34. The molecular formula is C13H21ClN8O3. The molecule has 0 radical (unpaired) electrons. The summed E-state index contributed by atoms with van der Waals surface area (Å²) < 4.78 is 0. The highest BCUT2D eigenvalue weighted by Gasteiger charge is 2.35. The van der Waals surface area contributed by atoms with Crippen LogP contribution in [0.3, 0.4) is 0 Å². The van der Waals surface area contributed by atoms with Gasteiger partial charge in [0.25, 0.3) is 5.91 Å². The Balaban J connectivity index is 2.35. The Morgan fingerprint density at radius 3 is 2.84 bits per heavy atom. The number of carbonyl (C=O) groups excluding carboxylic acids is 1. The molecule has 2 aliphatic heterocycles. The zero-order chi connectivity index (χ0) is 18.4. The fourth-order valence-corrected chi connectivity index (χ4v) is 2.56. The molecule has 2 aliphatic rings. The van der Waals surface area contributed by atoms with E-state index in [1.165, 1.54) is 20.1 Å². The van der Waals surface area contributed by atoms with Crippen molar-refractivity contribution in [2.75, 3.05) is 19.7 Å². The van der Waals surface area contributed by atoms with Crippen LogP contribution < -0.4 is 21.4 Å². The number of aliphatic hydroxyl groups excluding tert-OH is 1. The van der Waals surface area contributed by atoms with Crippen molar-refractivity contribution in [1.82, 2.24) is 21.4 Å². The van der Waals surface area contributed by atoms with E-state index in [4.69, 9.17) is 16.7 Å². The first kappa shape index (κ1) is 19.2. The van der Waals surface area contributed by atoms with Crippen molar-refractivity contribution in [2.45, 2.75) is 31.0 Å². The van der Waals surface area contributed by atoms with Gasteiger partial charge in [0, 0.05) is 13.1 Å². The van der Waals surface area contributed by atoms with Gasteiger partial charge in [-0.1, -0.05) is 11.6 Å². The number of halogens is 1. The molecule has 0 aromatic carbocycles. The number of aliphatic hydroxyl groups is 2. The quantitative estimate of drug-likeness (QED) is 0.197. The van der Waals surface area contributed by atoms with Gasteiger partial charge in [-0.15, -0.1) is 5.10 Å². The van der Waals surface area contributed by atoms with E-state index in [1.54, 1.807) is 0 Å². The van der Waals surface area contributed by atoms with Gasteiger partial charge < -0.3 is 26.2 Å². The highest BCUT2D eigenvalue weighted by Crippen LogP contribution is 2.20. The molecular weight excluding hydrogens is 352 g/mol. The lowest BCUT2D eigenvalue weighted by Crippen LogP contribution is -2.52. The van der Waals surface area contributed by atoms with Crippen LogP contribution in [-0.2, 0) is 4.79 Å². The third-order valence-corrected chi connectivity index (χ3v) is 3.61. The Hall–Kier alpha value is -2.08. The van der Waals surface area contributed by atoms with Crippen LogP contribution in [0.2, 0.25) is 0 Å². The topological polar surface area (TPSA) is 155 Å². The third kappa shape index (κ3) is 5.19. The van der Waals surface area contributed by atoms with Gasteiger partial charge in [0.05, 0.1) is 24.6 Å². The van der Waals surface area contributed by atoms with Crippen LogP contribution in [0.5, 0.6) is 0 Å². The first-order valence-electron chi connectivity index (χ1n) is 7.61. The molecule has 12 heteroatoms. The molecule has 0 aliphatic carbocycles. The summed E-state index contributed by atoms with van der Waals surface area (Å²) in [6, 6.07) is -0.378. The Morgan fingerprint density at radius 1 is 1.40 bits per heavy atom. The lowest BCUT2D eigenvalue weighted by atomic mass is 10.0. The minimum atomic E-state index is -1.32. The molecule has 0 fully saturated rings. The van der Waals surface area contributed by atoms with Crippen LogP contribution >= 0.6 is 11.6 Å². The van der Waals surface area contributed by atoms with Crippen molar-refractivity contribution in [3.05, 3.63) is 11.5 Å². The smallest absolute Gasteiger partial charge is 0.295 e. The molecule has 0 saturated carbocycles. The zero-order valence-corrected chi connectivity index (χ0v) is 14.6. The summed E-state index contributed by atoms with van der Waals surface area (Å²) in [7, 11) is 0. The van der Waals surface area contributed by atoms with Crippen LogP contribution in [0.25, 0.3) is 0 Å². The van der Waals surface area contributed by atoms with Crippen molar-refractivity contribution in [3.63, 3.8) is 0 Å². The minimum Gasteiger partial charge on any atom is -0.395 e. The van der Waals surface area contributed by atoms with Gasteiger partial charge in [-0.25, -0.2) is 10.4 Å². The van der Waals surface area contributed by atoms with E-state index in [2.05, 4.69) is 41.9 Å². The number of amides is 1. The number of aliphatic imine (C=N–C) groups is 1. The maximum absolute atomic E-state index is 12.3. The van der Waals surface area contributed by atoms with Gasteiger partial charge in [0.1, 0.15) is 16.9 Å². The van der Waals surface area contributed by atoms with Crippen LogP contribution in [0.1, 0.15) is 13.8 Å². The molecule has 2 unspecified atom stereocenters. The van der Waals surface area contributed by atoms with E-state index in [0.717, 1.165) is 0 Å². The van der Waals surface area contributed by atoms with E-state index < -0.39 is 17.0 Å². The highest BCUT2D eigenvalue weighted by molar-refractivity contribution is 6.33. The van der Waals surface area contributed by atoms with Crippen molar-refractivity contribution >= 4 is 29.4 Å². The lowest BCUT2D eigenvalue weighted by Gasteiger charge is -2.32.